The van der Waals surface area contributed by atoms with Crippen molar-refractivity contribution in [3.05, 3.63) is 35.9 Å². The van der Waals surface area contributed by atoms with Crippen LogP contribution < -0.4 is 5.32 Å². The number of hydrogen-bond acceptors (Lipinski definition) is 1. The van der Waals surface area contributed by atoms with Gasteiger partial charge in [-0.25, -0.2) is 0 Å². The van der Waals surface area contributed by atoms with Crippen molar-refractivity contribution in [2.75, 3.05) is 6.54 Å². The van der Waals surface area contributed by atoms with Crippen LogP contribution in [0.2, 0.25) is 0 Å². The Morgan fingerprint density at radius 3 is 2.11 bits per heavy atom. The minimum absolute atomic E-state index is 0.277. The zero-order valence-electron chi connectivity index (χ0n) is 12.7. The van der Waals surface area contributed by atoms with Crippen molar-refractivity contribution in [2.45, 2.75) is 58.9 Å². The van der Waals surface area contributed by atoms with Crippen molar-refractivity contribution in [1.82, 2.24) is 5.32 Å². The summed E-state index contributed by atoms with van der Waals surface area (Å²) in [5, 5.41) is 3.64. The first-order chi connectivity index (χ1) is 8.50. The molecular weight excluding hydrogens is 218 g/mol. The Bertz CT molecular complexity index is 329. The van der Waals surface area contributed by atoms with Crippen LogP contribution in [0.25, 0.3) is 0 Å². The summed E-state index contributed by atoms with van der Waals surface area (Å²) >= 11 is 0. The number of rotatable bonds is 7. The maximum atomic E-state index is 3.64. The topological polar surface area (TPSA) is 12.0 Å². The fourth-order valence-electron chi connectivity index (χ4n) is 2.74. The molecular formula is C17H29N. The van der Waals surface area contributed by atoms with Gasteiger partial charge in [-0.2, -0.15) is 0 Å². The molecule has 102 valence electrons. The molecule has 0 fully saturated rings. The van der Waals surface area contributed by atoms with Crippen LogP contribution in [0.15, 0.2) is 30.3 Å². The molecule has 0 saturated carbocycles. The second-order valence-electron chi connectivity index (χ2n) is 6.13. The lowest BCUT2D eigenvalue weighted by molar-refractivity contribution is 0.303. The Hall–Kier alpha value is -0.820. The van der Waals surface area contributed by atoms with E-state index in [-0.39, 0.29) is 5.41 Å². The molecule has 0 heterocycles. The van der Waals surface area contributed by atoms with Gasteiger partial charge in [-0.3, -0.25) is 0 Å². The summed E-state index contributed by atoms with van der Waals surface area (Å²) in [5.74, 6) is 0.721. The first-order valence-electron chi connectivity index (χ1n) is 7.29. The third kappa shape index (κ3) is 4.13. The fourth-order valence-corrected chi connectivity index (χ4v) is 2.74. The van der Waals surface area contributed by atoms with Crippen LogP contribution in [-0.2, 0) is 5.41 Å². The first kappa shape index (κ1) is 15.2. The highest BCUT2D eigenvalue weighted by Gasteiger charge is 2.30. The van der Waals surface area contributed by atoms with Crippen LogP contribution in [0.4, 0.5) is 0 Å². The lowest BCUT2D eigenvalue weighted by atomic mass is 9.72. The van der Waals surface area contributed by atoms with Gasteiger partial charge in [0.05, 0.1) is 0 Å². The summed E-state index contributed by atoms with van der Waals surface area (Å²) in [4.78, 5) is 0. The zero-order chi connectivity index (χ0) is 13.6. The molecule has 0 aliphatic heterocycles. The van der Waals surface area contributed by atoms with Crippen LogP contribution in [0, 0.1) is 5.92 Å². The zero-order valence-corrected chi connectivity index (χ0v) is 12.7. The average molecular weight is 247 g/mol. The molecule has 0 spiro atoms. The van der Waals surface area contributed by atoms with E-state index in [1.54, 1.807) is 0 Å². The lowest BCUT2D eigenvalue weighted by Gasteiger charge is -2.36. The van der Waals surface area contributed by atoms with E-state index in [9.17, 15) is 0 Å². The first-order valence-corrected chi connectivity index (χ1v) is 7.29. The second kappa shape index (κ2) is 6.94. The molecule has 1 N–H and O–H groups in total. The third-order valence-electron chi connectivity index (χ3n) is 3.71. The van der Waals surface area contributed by atoms with Gasteiger partial charge in [0.15, 0.2) is 0 Å². The standard InChI is InChI=1S/C17H29N/c1-6-17(12-14(2)3,13-18-15(4)5)16-10-8-7-9-11-16/h7-11,14-15,18H,6,12-13H2,1-5H3. The molecule has 0 radical (unpaired) electrons. The SMILES string of the molecule is CCC(CNC(C)C)(CC(C)C)c1ccccc1. The second-order valence-corrected chi connectivity index (χ2v) is 6.13. The quantitative estimate of drug-likeness (QED) is 0.754. The van der Waals surface area contributed by atoms with Crippen molar-refractivity contribution < 1.29 is 0 Å². The predicted molar refractivity (Wildman–Crippen MR) is 81.0 cm³/mol. The summed E-state index contributed by atoms with van der Waals surface area (Å²) in [6.07, 6.45) is 2.43. The Kier molecular flexibility index (Phi) is 5.87. The van der Waals surface area contributed by atoms with Gasteiger partial charge in [-0.1, -0.05) is 65.0 Å². The summed E-state index contributed by atoms with van der Waals surface area (Å²) < 4.78 is 0. The molecule has 18 heavy (non-hydrogen) atoms. The molecule has 0 amide bonds. The number of hydrogen-bond donors (Lipinski definition) is 1. The molecule has 1 unspecified atom stereocenters. The maximum Gasteiger partial charge on any atom is 0.00776 e. The van der Waals surface area contributed by atoms with Crippen LogP contribution in [-0.4, -0.2) is 12.6 Å². The van der Waals surface area contributed by atoms with Gasteiger partial charge in [-0.15, -0.1) is 0 Å². The van der Waals surface area contributed by atoms with Gasteiger partial charge in [0, 0.05) is 18.0 Å². The summed E-state index contributed by atoms with van der Waals surface area (Å²) in [5.41, 5.74) is 1.76. The molecule has 0 bridgehead atoms. The monoisotopic (exact) mass is 247 g/mol. The highest BCUT2D eigenvalue weighted by Crippen LogP contribution is 2.34. The van der Waals surface area contributed by atoms with E-state index in [4.69, 9.17) is 0 Å². The normalized spacial score (nSPS) is 15.1. The maximum absolute atomic E-state index is 3.64. The van der Waals surface area contributed by atoms with E-state index in [0.29, 0.717) is 6.04 Å². The van der Waals surface area contributed by atoms with Crippen LogP contribution >= 0.6 is 0 Å². The highest BCUT2D eigenvalue weighted by atomic mass is 14.9. The van der Waals surface area contributed by atoms with E-state index in [0.717, 1.165) is 12.5 Å². The molecule has 0 aromatic heterocycles. The molecule has 1 heteroatoms. The largest absolute Gasteiger partial charge is 0.314 e. The predicted octanol–water partition coefficient (Wildman–Crippen LogP) is 4.38. The molecule has 0 aliphatic rings. The number of benzene rings is 1. The molecule has 1 aromatic rings. The minimum Gasteiger partial charge on any atom is -0.314 e. The van der Waals surface area contributed by atoms with Gasteiger partial charge in [-0.05, 0) is 24.3 Å². The van der Waals surface area contributed by atoms with Crippen molar-refractivity contribution in [3.63, 3.8) is 0 Å². The summed E-state index contributed by atoms with van der Waals surface area (Å²) in [6, 6.07) is 11.5. The Morgan fingerprint density at radius 2 is 1.67 bits per heavy atom. The van der Waals surface area contributed by atoms with Crippen molar-refractivity contribution in [3.8, 4) is 0 Å². The van der Waals surface area contributed by atoms with Crippen LogP contribution in [0.5, 0.6) is 0 Å². The molecule has 1 atom stereocenters. The van der Waals surface area contributed by atoms with E-state index in [1.165, 1.54) is 18.4 Å². The smallest absolute Gasteiger partial charge is 0.00776 e. The van der Waals surface area contributed by atoms with E-state index in [1.807, 2.05) is 0 Å². The van der Waals surface area contributed by atoms with Crippen molar-refractivity contribution in [1.29, 1.82) is 0 Å². The van der Waals surface area contributed by atoms with E-state index < -0.39 is 0 Å². The van der Waals surface area contributed by atoms with E-state index >= 15 is 0 Å². The molecule has 1 nitrogen and oxygen atoms in total. The fraction of sp³-hybridized carbons (Fsp3) is 0.647. The van der Waals surface area contributed by atoms with Crippen molar-refractivity contribution in [2.24, 2.45) is 5.92 Å². The Morgan fingerprint density at radius 1 is 1.06 bits per heavy atom. The molecule has 1 rings (SSSR count). The summed E-state index contributed by atoms with van der Waals surface area (Å²) in [7, 11) is 0. The number of nitrogens with one attached hydrogen (secondary N) is 1. The minimum atomic E-state index is 0.277. The van der Waals surface area contributed by atoms with E-state index in [2.05, 4.69) is 70.3 Å². The van der Waals surface area contributed by atoms with Crippen LogP contribution in [0.1, 0.15) is 53.0 Å². The third-order valence-corrected chi connectivity index (χ3v) is 3.71. The molecule has 0 aliphatic carbocycles. The summed E-state index contributed by atoms with van der Waals surface area (Å²) in [6.45, 7) is 12.5. The van der Waals surface area contributed by atoms with Crippen molar-refractivity contribution >= 4 is 0 Å². The van der Waals surface area contributed by atoms with Gasteiger partial charge < -0.3 is 5.32 Å². The van der Waals surface area contributed by atoms with Gasteiger partial charge in [0.1, 0.15) is 0 Å². The Labute approximate surface area is 113 Å². The lowest BCUT2D eigenvalue weighted by Crippen LogP contribution is -2.41. The van der Waals surface area contributed by atoms with Gasteiger partial charge in [0.2, 0.25) is 0 Å². The Balaban J connectivity index is 2.98. The highest BCUT2D eigenvalue weighted by molar-refractivity contribution is 5.26. The molecule has 0 saturated heterocycles. The van der Waals surface area contributed by atoms with Gasteiger partial charge >= 0.3 is 0 Å². The average Bonchev–Trinajstić information content (AvgIpc) is 2.35. The molecule has 1 aromatic carbocycles. The van der Waals surface area contributed by atoms with Crippen LogP contribution in [0.3, 0.4) is 0 Å². The van der Waals surface area contributed by atoms with Gasteiger partial charge in [0.25, 0.3) is 0 Å².